The van der Waals surface area contributed by atoms with Gasteiger partial charge < -0.3 is 5.32 Å². The molecule has 3 rings (SSSR count). The number of benzene rings is 1. The van der Waals surface area contributed by atoms with E-state index in [4.69, 9.17) is 0 Å². The van der Waals surface area contributed by atoms with Crippen molar-refractivity contribution >= 4 is 11.8 Å². The van der Waals surface area contributed by atoms with Gasteiger partial charge in [0.2, 0.25) is 0 Å². The van der Waals surface area contributed by atoms with E-state index in [1.54, 1.807) is 5.56 Å². The van der Waals surface area contributed by atoms with Crippen molar-refractivity contribution in [2.24, 2.45) is 0 Å². The van der Waals surface area contributed by atoms with Crippen LogP contribution in [0.5, 0.6) is 0 Å². The average Bonchev–Trinajstić information content (AvgIpc) is 2.39. The number of nitrogens with zero attached hydrogens (tertiary/aromatic N) is 1. The SMILES string of the molecule is CC1CN(C[C@H]2Cc3ccccc3CN2)CCS1. The minimum atomic E-state index is 0.634. The predicted molar refractivity (Wildman–Crippen MR) is 79.1 cm³/mol. The molecule has 1 aromatic rings. The largest absolute Gasteiger partial charge is 0.308 e. The zero-order valence-corrected chi connectivity index (χ0v) is 11.9. The summed E-state index contributed by atoms with van der Waals surface area (Å²) in [4.78, 5) is 2.63. The van der Waals surface area contributed by atoms with Crippen molar-refractivity contribution in [1.82, 2.24) is 10.2 Å². The summed E-state index contributed by atoms with van der Waals surface area (Å²) in [5.41, 5.74) is 3.03. The van der Waals surface area contributed by atoms with Gasteiger partial charge in [-0.25, -0.2) is 0 Å². The average molecular weight is 262 g/mol. The van der Waals surface area contributed by atoms with E-state index >= 15 is 0 Å². The number of hydrogen-bond acceptors (Lipinski definition) is 3. The van der Waals surface area contributed by atoms with Gasteiger partial charge in [0, 0.05) is 43.2 Å². The van der Waals surface area contributed by atoms with Gasteiger partial charge >= 0.3 is 0 Å². The number of rotatable bonds is 2. The summed E-state index contributed by atoms with van der Waals surface area (Å²) < 4.78 is 0. The van der Waals surface area contributed by atoms with Crippen LogP contribution in [0.2, 0.25) is 0 Å². The second-order valence-corrected chi connectivity index (χ2v) is 7.04. The fraction of sp³-hybridized carbons (Fsp3) is 0.600. The molecular formula is C15H22N2S. The van der Waals surface area contributed by atoms with Gasteiger partial charge in [0.1, 0.15) is 0 Å². The topological polar surface area (TPSA) is 15.3 Å². The van der Waals surface area contributed by atoms with Crippen LogP contribution in [0.3, 0.4) is 0 Å². The fourth-order valence-electron chi connectivity index (χ4n) is 3.02. The Morgan fingerprint density at radius 3 is 3.00 bits per heavy atom. The standard InChI is InChI=1S/C15H22N2S/c1-12-10-17(6-7-18-12)11-15-8-13-4-2-3-5-14(13)9-16-15/h2-5,12,15-16H,6-11H2,1H3/t12?,15-/m1/s1. The van der Waals surface area contributed by atoms with Gasteiger partial charge in [-0.2, -0.15) is 11.8 Å². The van der Waals surface area contributed by atoms with Crippen LogP contribution >= 0.6 is 11.8 Å². The Bertz CT molecular complexity index is 407. The quantitative estimate of drug-likeness (QED) is 0.879. The van der Waals surface area contributed by atoms with Crippen molar-refractivity contribution < 1.29 is 0 Å². The molecule has 2 nitrogen and oxygen atoms in total. The Hall–Kier alpha value is -0.510. The van der Waals surface area contributed by atoms with E-state index < -0.39 is 0 Å². The van der Waals surface area contributed by atoms with Crippen LogP contribution in [0.25, 0.3) is 0 Å². The molecule has 0 aromatic heterocycles. The summed E-state index contributed by atoms with van der Waals surface area (Å²) in [5.74, 6) is 1.30. The van der Waals surface area contributed by atoms with Crippen molar-refractivity contribution in [3.05, 3.63) is 35.4 Å². The summed E-state index contributed by atoms with van der Waals surface area (Å²) in [7, 11) is 0. The summed E-state index contributed by atoms with van der Waals surface area (Å²) in [6.45, 7) is 7.11. The molecule has 1 fully saturated rings. The number of hydrogen-bond donors (Lipinski definition) is 1. The summed E-state index contributed by atoms with van der Waals surface area (Å²) >= 11 is 2.11. The lowest BCUT2D eigenvalue weighted by Crippen LogP contribution is -2.48. The van der Waals surface area contributed by atoms with Crippen LogP contribution in [0, 0.1) is 0 Å². The molecule has 2 aliphatic heterocycles. The highest BCUT2D eigenvalue weighted by Gasteiger charge is 2.23. The van der Waals surface area contributed by atoms with E-state index in [9.17, 15) is 0 Å². The van der Waals surface area contributed by atoms with Crippen molar-refractivity contribution in [2.45, 2.75) is 31.2 Å². The van der Waals surface area contributed by atoms with Crippen molar-refractivity contribution in [2.75, 3.05) is 25.4 Å². The molecular weight excluding hydrogens is 240 g/mol. The maximum absolute atomic E-state index is 3.69. The number of nitrogens with one attached hydrogen (secondary N) is 1. The molecule has 98 valence electrons. The molecule has 3 heteroatoms. The normalized spacial score (nSPS) is 28.9. The highest BCUT2D eigenvalue weighted by Crippen LogP contribution is 2.20. The molecule has 18 heavy (non-hydrogen) atoms. The lowest BCUT2D eigenvalue weighted by atomic mass is 9.95. The molecule has 0 spiro atoms. The van der Waals surface area contributed by atoms with E-state index in [0.29, 0.717) is 6.04 Å². The Labute approximate surface area is 114 Å². The first-order valence-corrected chi connectivity index (χ1v) is 8.00. The molecule has 2 heterocycles. The smallest absolute Gasteiger partial charge is 0.0238 e. The lowest BCUT2D eigenvalue weighted by Gasteiger charge is -2.35. The molecule has 0 radical (unpaired) electrons. The van der Waals surface area contributed by atoms with E-state index in [0.717, 1.165) is 11.8 Å². The molecule has 0 amide bonds. The third-order valence-electron chi connectivity index (χ3n) is 3.97. The minimum absolute atomic E-state index is 0.634. The number of fused-ring (bicyclic) bond motifs is 1. The Kier molecular flexibility index (Phi) is 3.92. The third kappa shape index (κ3) is 2.90. The van der Waals surface area contributed by atoms with E-state index in [2.05, 4.69) is 53.2 Å². The van der Waals surface area contributed by atoms with Crippen LogP contribution < -0.4 is 5.32 Å². The van der Waals surface area contributed by atoms with Crippen LogP contribution in [0.1, 0.15) is 18.1 Å². The molecule has 2 atom stereocenters. The Balaban J connectivity index is 1.59. The highest BCUT2D eigenvalue weighted by atomic mass is 32.2. The van der Waals surface area contributed by atoms with Gasteiger partial charge in [-0.15, -0.1) is 0 Å². The molecule has 1 aromatic carbocycles. The van der Waals surface area contributed by atoms with Crippen molar-refractivity contribution in [3.63, 3.8) is 0 Å². The lowest BCUT2D eigenvalue weighted by molar-refractivity contribution is 0.245. The first-order chi connectivity index (χ1) is 8.81. The Morgan fingerprint density at radius 2 is 2.17 bits per heavy atom. The number of thioether (sulfide) groups is 1. The van der Waals surface area contributed by atoms with Gasteiger partial charge in [-0.3, -0.25) is 4.90 Å². The first-order valence-electron chi connectivity index (χ1n) is 6.95. The molecule has 1 unspecified atom stereocenters. The third-order valence-corrected chi connectivity index (χ3v) is 5.11. The zero-order chi connectivity index (χ0) is 12.4. The summed E-state index contributed by atoms with van der Waals surface area (Å²) in [6.07, 6.45) is 1.19. The maximum atomic E-state index is 3.69. The van der Waals surface area contributed by atoms with Crippen LogP contribution in [0.4, 0.5) is 0 Å². The molecule has 2 aliphatic rings. The first kappa shape index (κ1) is 12.5. The maximum Gasteiger partial charge on any atom is 0.0238 e. The Morgan fingerprint density at radius 1 is 1.33 bits per heavy atom. The van der Waals surface area contributed by atoms with Crippen molar-refractivity contribution in [1.29, 1.82) is 0 Å². The molecule has 1 saturated heterocycles. The summed E-state index contributed by atoms with van der Waals surface area (Å²) in [5, 5.41) is 4.49. The van der Waals surface area contributed by atoms with E-state index in [1.165, 1.54) is 37.4 Å². The van der Waals surface area contributed by atoms with Gasteiger partial charge in [0.05, 0.1) is 0 Å². The van der Waals surface area contributed by atoms with Gasteiger partial charge in [0.15, 0.2) is 0 Å². The minimum Gasteiger partial charge on any atom is -0.308 e. The van der Waals surface area contributed by atoms with Crippen LogP contribution in [0.15, 0.2) is 24.3 Å². The van der Waals surface area contributed by atoms with Gasteiger partial charge in [-0.1, -0.05) is 31.2 Å². The van der Waals surface area contributed by atoms with Crippen LogP contribution in [-0.4, -0.2) is 41.6 Å². The van der Waals surface area contributed by atoms with Crippen LogP contribution in [-0.2, 0) is 13.0 Å². The monoisotopic (exact) mass is 262 g/mol. The van der Waals surface area contributed by atoms with Gasteiger partial charge in [0.25, 0.3) is 0 Å². The van der Waals surface area contributed by atoms with E-state index in [1.807, 2.05) is 0 Å². The fourth-order valence-corrected chi connectivity index (χ4v) is 4.10. The second kappa shape index (κ2) is 5.64. The second-order valence-electron chi connectivity index (χ2n) is 5.49. The molecule has 0 saturated carbocycles. The zero-order valence-electron chi connectivity index (χ0n) is 11.1. The molecule has 1 N–H and O–H groups in total. The highest BCUT2D eigenvalue weighted by molar-refractivity contribution is 7.99. The van der Waals surface area contributed by atoms with Crippen molar-refractivity contribution in [3.8, 4) is 0 Å². The van der Waals surface area contributed by atoms with Gasteiger partial charge in [-0.05, 0) is 17.5 Å². The van der Waals surface area contributed by atoms with E-state index in [-0.39, 0.29) is 0 Å². The summed E-state index contributed by atoms with van der Waals surface area (Å²) in [6, 6.07) is 9.48. The predicted octanol–water partition coefficient (Wildman–Crippen LogP) is 2.14. The molecule has 0 aliphatic carbocycles. The molecule has 0 bridgehead atoms.